The van der Waals surface area contributed by atoms with Crippen molar-refractivity contribution in [2.75, 3.05) is 0 Å². The van der Waals surface area contributed by atoms with Crippen LogP contribution in [0.5, 0.6) is 0 Å². The average Bonchev–Trinajstić information content (AvgIpc) is 2.77. The van der Waals surface area contributed by atoms with Gasteiger partial charge in [0.05, 0.1) is 5.56 Å². The molecule has 28 heavy (non-hydrogen) atoms. The lowest BCUT2D eigenvalue weighted by molar-refractivity contribution is 0.0941. The molecule has 1 heterocycles. The van der Waals surface area contributed by atoms with Crippen molar-refractivity contribution in [2.24, 2.45) is 0 Å². The van der Waals surface area contributed by atoms with Gasteiger partial charge in [-0.3, -0.25) is 9.59 Å². The lowest BCUT2D eigenvalue weighted by atomic mass is 10.1. The van der Waals surface area contributed by atoms with Gasteiger partial charge in [-0.05, 0) is 23.3 Å². The maximum Gasteiger partial charge on any atom is 0.254 e. The van der Waals surface area contributed by atoms with Gasteiger partial charge in [0.25, 0.3) is 11.8 Å². The molecule has 0 aliphatic heterocycles. The second-order valence-electron chi connectivity index (χ2n) is 5.96. The third-order valence-corrected chi connectivity index (χ3v) is 3.98. The second kappa shape index (κ2) is 9.05. The summed E-state index contributed by atoms with van der Waals surface area (Å²) in [5.74, 6) is -0.485. The van der Waals surface area contributed by atoms with Crippen molar-refractivity contribution >= 4 is 11.8 Å². The number of nitriles is 1. The molecule has 3 rings (SSSR count). The number of amides is 2. The van der Waals surface area contributed by atoms with Crippen LogP contribution in [0, 0.1) is 11.3 Å². The summed E-state index contributed by atoms with van der Waals surface area (Å²) < 4.78 is 0. The van der Waals surface area contributed by atoms with Crippen LogP contribution >= 0.6 is 0 Å². The summed E-state index contributed by atoms with van der Waals surface area (Å²) in [6.07, 6.45) is 2.61. The molecule has 2 N–H and O–H groups in total. The number of hydrogen-bond acceptors (Lipinski definition) is 5. The number of rotatable bonds is 6. The van der Waals surface area contributed by atoms with E-state index in [1.807, 2.05) is 30.3 Å². The van der Waals surface area contributed by atoms with E-state index in [1.165, 1.54) is 12.4 Å². The Morgan fingerprint density at radius 1 is 0.786 bits per heavy atom. The Morgan fingerprint density at radius 3 is 1.89 bits per heavy atom. The Kier molecular flexibility index (Phi) is 6.06. The summed E-state index contributed by atoms with van der Waals surface area (Å²) >= 11 is 0. The highest BCUT2D eigenvalue weighted by molar-refractivity contribution is 5.94. The minimum Gasteiger partial charge on any atom is -0.348 e. The van der Waals surface area contributed by atoms with Crippen LogP contribution in [0.3, 0.4) is 0 Å². The quantitative estimate of drug-likeness (QED) is 0.691. The molecular weight excluding hydrogens is 354 g/mol. The molecule has 0 bridgehead atoms. The van der Waals surface area contributed by atoms with Crippen molar-refractivity contribution in [1.82, 2.24) is 20.6 Å². The Morgan fingerprint density at radius 2 is 1.32 bits per heavy atom. The lowest BCUT2D eigenvalue weighted by Crippen LogP contribution is -2.24. The molecule has 1 aromatic heterocycles. The number of carbonyl (C=O) groups excluding carboxylic acids is 2. The maximum atomic E-state index is 12.2. The van der Waals surface area contributed by atoms with Crippen molar-refractivity contribution in [1.29, 1.82) is 5.26 Å². The summed E-state index contributed by atoms with van der Waals surface area (Å²) in [5.41, 5.74) is 2.70. The van der Waals surface area contributed by atoms with Gasteiger partial charge in [-0.15, -0.1) is 0 Å². The molecule has 0 fully saturated rings. The van der Waals surface area contributed by atoms with Crippen LogP contribution in [0.4, 0.5) is 0 Å². The largest absolute Gasteiger partial charge is 0.348 e. The van der Waals surface area contributed by atoms with Gasteiger partial charge in [0.1, 0.15) is 6.07 Å². The Bertz CT molecular complexity index is 994. The van der Waals surface area contributed by atoms with Gasteiger partial charge >= 0.3 is 0 Å². The molecule has 7 heteroatoms. The van der Waals surface area contributed by atoms with E-state index in [-0.39, 0.29) is 23.2 Å². The molecule has 2 amide bonds. The molecule has 3 aromatic rings. The lowest BCUT2D eigenvalue weighted by Gasteiger charge is -2.08. The predicted molar refractivity (Wildman–Crippen MR) is 102 cm³/mol. The van der Waals surface area contributed by atoms with Crippen molar-refractivity contribution in [2.45, 2.75) is 13.1 Å². The zero-order valence-corrected chi connectivity index (χ0v) is 14.9. The zero-order valence-electron chi connectivity index (χ0n) is 14.9. The van der Waals surface area contributed by atoms with Gasteiger partial charge in [0.15, 0.2) is 0 Å². The Hall–Kier alpha value is -4.05. The van der Waals surface area contributed by atoms with E-state index in [4.69, 9.17) is 5.26 Å². The van der Waals surface area contributed by atoms with E-state index >= 15 is 0 Å². The van der Waals surface area contributed by atoms with Crippen LogP contribution in [0.15, 0.2) is 67.0 Å². The van der Waals surface area contributed by atoms with Crippen molar-refractivity contribution < 1.29 is 9.59 Å². The van der Waals surface area contributed by atoms with Crippen LogP contribution < -0.4 is 10.6 Å². The van der Waals surface area contributed by atoms with Crippen molar-refractivity contribution in [3.8, 4) is 6.07 Å². The average molecular weight is 371 g/mol. The maximum absolute atomic E-state index is 12.2. The topological polar surface area (TPSA) is 108 Å². The zero-order chi connectivity index (χ0) is 19.8. The highest BCUT2D eigenvalue weighted by Gasteiger charge is 2.08. The normalized spacial score (nSPS) is 9.96. The number of nitrogens with one attached hydrogen (secondary N) is 2. The van der Waals surface area contributed by atoms with Crippen molar-refractivity contribution in [3.63, 3.8) is 0 Å². The highest BCUT2D eigenvalue weighted by atomic mass is 16.2. The SMILES string of the molecule is N#Cc1ncc(C(=O)NCc2ccc(C(=O)NCc3ccccc3)cc2)cn1. The van der Waals surface area contributed by atoms with Gasteiger partial charge in [-0.2, -0.15) is 5.26 Å². The van der Waals surface area contributed by atoms with Gasteiger partial charge < -0.3 is 10.6 Å². The standard InChI is InChI=1S/C21H17N5O2/c22-10-19-23-13-18(14-24-19)21(28)26-12-16-6-8-17(9-7-16)20(27)25-11-15-4-2-1-3-5-15/h1-9,13-14H,11-12H2,(H,25,27)(H,26,28). The molecule has 0 radical (unpaired) electrons. The molecule has 0 spiro atoms. The summed E-state index contributed by atoms with van der Waals surface area (Å²) in [4.78, 5) is 31.8. The predicted octanol–water partition coefficient (Wildman–Crippen LogP) is 2.21. The molecular formula is C21H17N5O2. The van der Waals surface area contributed by atoms with E-state index in [9.17, 15) is 9.59 Å². The fraction of sp³-hybridized carbons (Fsp3) is 0.0952. The van der Waals surface area contributed by atoms with Gasteiger partial charge in [-0.25, -0.2) is 9.97 Å². The van der Waals surface area contributed by atoms with Crippen LogP contribution in [0.25, 0.3) is 0 Å². The minimum absolute atomic E-state index is 0.0117. The summed E-state index contributed by atoms with van der Waals surface area (Å²) in [6.45, 7) is 0.759. The first-order valence-electron chi connectivity index (χ1n) is 8.57. The second-order valence-corrected chi connectivity index (χ2v) is 5.96. The summed E-state index contributed by atoms with van der Waals surface area (Å²) in [5, 5.41) is 14.3. The Balaban J connectivity index is 1.51. The highest BCUT2D eigenvalue weighted by Crippen LogP contribution is 2.06. The smallest absolute Gasteiger partial charge is 0.254 e. The fourth-order valence-electron chi connectivity index (χ4n) is 2.44. The summed E-state index contributed by atoms with van der Waals surface area (Å²) in [6, 6.07) is 18.5. The van der Waals surface area contributed by atoms with E-state index < -0.39 is 0 Å². The molecule has 0 unspecified atom stereocenters. The van der Waals surface area contributed by atoms with Gasteiger partial charge in [-0.1, -0.05) is 42.5 Å². The number of nitrogens with zero attached hydrogens (tertiary/aromatic N) is 3. The van der Waals surface area contributed by atoms with E-state index in [0.717, 1.165) is 11.1 Å². The van der Waals surface area contributed by atoms with Crippen LogP contribution in [0.2, 0.25) is 0 Å². The van der Waals surface area contributed by atoms with Crippen molar-refractivity contribution in [3.05, 3.63) is 95.1 Å². The molecule has 0 aliphatic rings. The first kappa shape index (κ1) is 18.7. The molecule has 0 saturated carbocycles. The molecule has 2 aromatic carbocycles. The van der Waals surface area contributed by atoms with Crippen LogP contribution in [-0.2, 0) is 13.1 Å². The Labute approximate surface area is 162 Å². The van der Waals surface area contributed by atoms with Crippen LogP contribution in [0.1, 0.15) is 37.7 Å². The monoisotopic (exact) mass is 371 g/mol. The molecule has 138 valence electrons. The number of hydrogen-bond donors (Lipinski definition) is 2. The van der Waals surface area contributed by atoms with Crippen LogP contribution in [-0.4, -0.2) is 21.8 Å². The number of carbonyl (C=O) groups is 2. The third-order valence-electron chi connectivity index (χ3n) is 3.98. The van der Waals surface area contributed by atoms with E-state index in [2.05, 4.69) is 20.6 Å². The number of benzene rings is 2. The first-order valence-corrected chi connectivity index (χ1v) is 8.57. The molecule has 0 atom stereocenters. The summed E-state index contributed by atoms with van der Waals surface area (Å²) in [7, 11) is 0. The fourth-order valence-corrected chi connectivity index (χ4v) is 2.44. The third kappa shape index (κ3) is 4.99. The minimum atomic E-state index is -0.339. The van der Waals surface area contributed by atoms with Gasteiger partial charge in [0.2, 0.25) is 5.82 Å². The first-order chi connectivity index (χ1) is 13.7. The molecule has 7 nitrogen and oxygen atoms in total. The number of aromatic nitrogens is 2. The van der Waals surface area contributed by atoms with E-state index in [1.54, 1.807) is 30.3 Å². The van der Waals surface area contributed by atoms with E-state index in [0.29, 0.717) is 18.7 Å². The van der Waals surface area contributed by atoms with Gasteiger partial charge in [0, 0.05) is 31.0 Å². The molecule has 0 saturated heterocycles. The molecule has 0 aliphatic carbocycles.